The van der Waals surface area contributed by atoms with E-state index in [0.29, 0.717) is 23.1 Å². The van der Waals surface area contributed by atoms with Crippen LogP contribution in [0.3, 0.4) is 0 Å². The molecule has 0 aliphatic carbocycles. The molecule has 6 heteroatoms. The van der Waals surface area contributed by atoms with Gasteiger partial charge in [0.25, 0.3) is 5.91 Å². The molecule has 0 fully saturated rings. The molecule has 29 heavy (non-hydrogen) atoms. The number of amides is 2. The molecular weight excluding hydrogens is 364 g/mol. The summed E-state index contributed by atoms with van der Waals surface area (Å²) < 4.78 is 0. The Morgan fingerprint density at radius 3 is 2.55 bits per heavy atom. The Morgan fingerprint density at radius 2 is 1.76 bits per heavy atom. The molecule has 2 amide bonds. The number of para-hydroxylation sites is 1. The monoisotopic (exact) mass is 386 g/mol. The molecule has 6 nitrogen and oxygen atoms in total. The zero-order valence-corrected chi connectivity index (χ0v) is 16.3. The van der Waals surface area contributed by atoms with E-state index in [0.717, 1.165) is 12.1 Å². The van der Waals surface area contributed by atoms with E-state index in [1.165, 1.54) is 18.2 Å². The van der Waals surface area contributed by atoms with Crippen molar-refractivity contribution >= 4 is 34.6 Å². The fraction of sp³-hybridized carbons (Fsp3) is 0.174. The van der Waals surface area contributed by atoms with Gasteiger partial charge in [0.1, 0.15) is 5.69 Å². The van der Waals surface area contributed by atoms with Crippen LogP contribution in [0.25, 0.3) is 0 Å². The molecule has 2 N–H and O–H groups in total. The zero-order valence-electron chi connectivity index (χ0n) is 16.3. The molecule has 1 unspecified atom stereocenters. The van der Waals surface area contributed by atoms with Crippen LogP contribution in [0.2, 0.25) is 0 Å². The SMILES string of the molecule is CC(=O)Nc1cccc(NC(=O)c2cc(N3c4ccccc4CC3C)ccn2)c1. The van der Waals surface area contributed by atoms with Gasteiger partial charge in [0.2, 0.25) is 5.91 Å². The topological polar surface area (TPSA) is 74.3 Å². The summed E-state index contributed by atoms with van der Waals surface area (Å²) in [6.07, 6.45) is 2.63. The van der Waals surface area contributed by atoms with Gasteiger partial charge in [-0.2, -0.15) is 0 Å². The van der Waals surface area contributed by atoms with Crippen molar-refractivity contribution in [3.05, 3.63) is 78.1 Å². The number of fused-ring (bicyclic) bond motifs is 1. The van der Waals surface area contributed by atoms with Gasteiger partial charge in [-0.05, 0) is 55.3 Å². The maximum absolute atomic E-state index is 12.8. The fourth-order valence-corrected chi connectivity index (χ4v) is 3.73. The maximum atomic E-state index is 12.8. The molecule has 3 aromatic rings. The summed E-state index contributed by atoms with van der Waals surface area (Å²) in [7, 11) is 0. The smallest absolute Gasteiger partial charge is 0.274 e. The number of nitrogens with zero attached hydrogens (tertiary/aromatic N) is 2. The van der Waals surface area contributed by atoms with E-state index in [1.54, 1.807) is 30.5 Å². The van der Waals surface area contributed by atoms with Crippen molar-refractivity contribution in [2.24, 2.45) is 0 Å². The second-order valence-corrected chi connectivity index (χ2v) is 7.17. The second kappa shape index (κ2) is 7.75. The predicted molar refractivity (Wildman–Crippen MR) is 115 cm³/mol. The van der Waals surface area contributed by atoms with Gasteiger partial charge in [-0.3, -0.25) is 14.6 Å². The predicted octanol–water partition coefficient (Wildman–Crippen LogP) is 4.38. The van der Waals surface area contributed by atoms with Crippen LogP contribution in [0.15, 0.2) is 66.9 Å². The molecule has 0 saturated carbocycles. The fourth-order valence-electron chi connectivity index (χ4n) is 3.73. The molecule has 2 aromatic carbocycles. The van der Waals surface area contributed by atoms with Crippen molar-refractivity contribution in [1.82, 2.24) is 4.98 Å². The Hall–Kier alpha value is -3.67. The molecule has 0 radical (unpaired) electrons. The van der Waals surface area contributed by atoms with Crippen LogP contribution in [0, 0.1) is 0 Å². The van der Waals surface area contributed by atoms with Gasteiger partial charge in [0.15, 0.2) is 0 Å². The van der Waals surface area contributed by atoms with E-state index in [9.17, 15) is 9.59 Å². The number of pyridine rings is 1. The van der Waals surface area contributed by atoms with Gasteiger partial charge >= 0.3 is 0 Å². The highest BCUT2D eigenvalue weighted by atomic mass is 16.2. The van der Waals surface area contributed by atoms with Crippen LogP contribution in [0.5, 0.6) is 0 Å². The molecule has 0 saturated heterocycles. The van der Waals surface area contributed by atoms with Gasteiger partial charge in [0.05, 0.1) is 0 Å². The van der Waals surface area contributed by atoms with Crippen molar-refractivity contribution < 1.29 is 9.59 Å². The first-order valence-corrected chi connectivity index (χ1v) is 9.53. The van der Waals surface area contributed by atoms with Gasteiger partial charge < -0.3 is 15.5 Å². The summed E-state index contributed by atoms with van der Waals surface area (Å²) in [6.45, 7) is 3.62. The Bertz CT molecular complexity index is 1080. The van der Waals surface area contributed by atoms with Crippen molar-refractivity contribution in [3.63, 3.8) is 0 Å². The number of hydrogen-bond acceptors (Lipinski definition) is 4. The minimum Gasteiger partial charge on any atom is -0.338 e. The van der Waals surface area contributed by atoms with Crippen molar-refractivity contribution in [1.29, 1.82) is 0 Å². The minimum atomic E-state index is -0.299. The molecule has 146 valence electrons. The molecule has 1 aliphatic rings. The Kier molecular flexibility index (Phi) is 4.99. The molecule has 0 spiro atoms. The van der Waals surface area contributed by atoms with Crippen molar-refractivity contribution in [2.75, 3.05) is 15.5 Å². The maximum Gasteiger partial charge on any atom is 0.274 e. The number of benzene rings is 2. The Labute approximate surface area is 169 Å². The average molecular weight is 386 g/mol. The van der Waals surface area contributed by atoms with Crippen LogP contribution in [0.4, 0.5) is 22.7 Å². The van der Waals surface area contributed by atoms with E-state index in [4.69, 9.17) is 0 Å². The van der Waals surface area contributed by atoms with Crippen molar-refractivity contribution in [3.8, 4) is 0 Å². The standard InChI is InChI=1S/C23H22N4O2/c1-15-12-17-6-3-4-9-22(17)27(15)20-10-11-24-21(14-20)23(29)26-19-8-5-7-18(13-19)25-16(2)28/h3-11,13-15H,12H2,1-2H3,(H,25,28)(H,26,29). The number of aromatic nitrogens is 1. The first-order chi connectivity index (χ1) is 14.0. The van der Waals surface area contributed by atoms with E-state index in [-0.39, 0.29) is 11.8 Å². The van der Waals surface area contributed by atoms with Crippen LogP contribution in [0.1, 0.15) is 29.9 Å². The van der Waals surface area contributed by atoms with E-state index >= 15 is 0 Å². The highest BCUT2D eigenvalue weighted by Crippen LogP contribution is 2.38. The first kappa shape index (κ1) is 18.7. The molecular formula is C23H22N4O2. The number of anilines is 4. The van der Waals surface area contributed by atoms with E-state index in [1.807, 2.05) is 18.2 Å². The molecule has 1 atom stereocenters. The average Bonchev–Trinajstić information content (AvgIpc) is 3.03. The lowest BCUT2D eigenvalue weighted by atomic mass is 10.1. The van der Waals surface area contributed by atoms with Crippen LogP contribution in [-0.2, 0) is 11.2 Å². The van der Waals surface area contributed by atoms with E-state index in [2.05, 4.69) is 45.6 Å². The highest BCUT2D eigenvalue weighted by Gasteiger charge is 2.27. The number of carbonyl (C=O) groups excluding carboxylic acids is 2. The quantitative estimate of drug-likeness (QED) is 0.698. The summed E-state index contributed by atoms with van der Waals surface area (Å²) >= 11 is 0. The lowest BCUT2D eigenvalue weighted by molar-refractivity contribution is -0.114. The van der Waals surface area contributed by atoms with Crippen LogP contribution in [-0.4, -0.2) is 22.8 Å². The summed E-state index contributed by atoms with van der Waals surface area (Å²) in [5, 5.41) is 5.55. The molecule has 1 aromatic heterocycles. The van der Waals surface area contributed by atoms with Gasteiger partial charge in [-0.1, -0.05) is 24.3 Å². The third kappa shape index (κ3) is 3.96. The summed E-state index contributed by atoms with van der Waals surface area (Å²) in [4.78, 5) is 30.5. The number of nitrogens with one attached hydrogen (secondary N) is 2. The summed E-state index contributed by atoms with van der Waals surface area (Å²) in [5.74, 6) is -0.463. The Balaban J connectivity index is 1.56. The van der Waals surface area contributed by atoms with Crippen molar-refractivity contribution in [2.45, 2.75) is 26.3 Å². The minimum absolute atomic E-state index is 0.164. The lowest BCUT2D eigenvalue weighted by Crippen LogP contribution is -2.24. The second-order valence-electron chi connectivity index (χ2n) is 7.17. The highest BCUT2D eigenvalue weighted by molar-refractivity contribution is 6.04. The van der Waals surface area contributed by atoms with Gasteiger partial charge in [-0.25, -0.2) is 0 Å². The largest absolute Gasteiger partial charge is 0.338 e. The van der Waals surface area contributed by atoms with E-state index < -0.39 is 0 Å². The third-order valence-corrected chi connectivity index (χ3v) is 4.90. The number of carbonyl (C=O) groups is 2. The normalized spacial score (nSPS) is 15.0. The van der Waals surface area contributed by atoms with Crippen LogP contribution >= 0.6 is 0 Å². The van der Waals surface area contributed by atoms with Gasteiger partial charge in [0, 0.05) is 41.9 Å². The molecule has 0 bridgehead atoms. The lowest BCUT2D eigenvalue weighted by Gasteiger charge is -2.25. The van der Waals surface area contributed by atoms with Crippen LogP contribution < -0.4 is 15.5 Å². The summed E-state index contributed by atoms with van der Waals surface area (Å²) in [5.41, 5.74) is 4.96. The molecule has 1 aliphatic heterocycles. The zero-order chi connectivity index (χ0) is 20.4. The number of rotatable bonds is 4. The Morgan fingerprint density at radius 1 is 1.00 bits per heavy atom. The first-order valence-electron chi connectivity index (χ1n) is 9.53. The third-order valence-electron chi connectivity index (χ3n) is 4.90. The molecule has 2 heterocycles. The summed E-state index contributed by atoms with van der Waals surface area (Å²) in [6, 6.07) is 19.4. The van der Waals surface area contributed by atoms with Gasteiger partial charge in [-0.15, -0.1) is 0 Å². The number of hydrogen-bond donors (Lipinski definition) is 2. The molecule has 4 rings (SSSR count).